The zero-order valence-electron chi connectivity index (χ0n) is 12.2. The lowest BCUT2D eigenvalue weighted by atomic mass is 10.1. The van der Waals surface area contributed by atoms with Crippen LogP contribution >= 0.6 is 11.8 Å². The van der Waals surface area contributed by atoms with Gasteiger partial charge in [0.15, 0.2) is 0 Å². The van der Waals surface area contributed by atoms with E-state index in [1.165, 1.54) is 18.0 Å². The highest BCUT2D eigenvalue weighted by Crippen LogP contribution is 2.08. The van der Waals surface area contributed by atoms with Gasteiger partial charge in [0.1, 0.15) is 0 Å². The molecule has 1 heterocycles. The number of nitrogens with one attached hydrogen (secondary N) is 1. The van der Waals surface area contributed by atoms with Gasteiger partial charge in [0.05, 0.1) is 17.0 Å². The second kappa shape index (κ2) is 8.70. The number of hydrogen-bond donors (Lipinski definition) is 2. The molecule has 0 aliphatic rings. The second-order valence-electron chi connectivity index (χ2n) is 4.49. The van der Waals surface area contributed by atoms with Gasteiger partial charge in [-0.25, -0.2) is 5.43 Å². The average molecular weight is 329 g/mol. The van der Waals surface area contributed by atoms with E-state index in [0.29, 0.717) is 17.0 Å². The molecule has 0 bridgehead atoms. The molecule has 118 valence electrons. The molecule has 0 aliphatic heterocycles. The summed E-state index contributed by atoms with van der Waals surface area (Å²) in [4.78, 5) is 26.5. The number of thioether (sulfide) groups is 1. The number of hydrogen-bond acceptors (Lipinski definition) is 5. The zero-order chi connectivity index (χ0) is 16.5. The van der Waals surface area contributed by atoms with Gasteiger partial charge in [0.2, 0.25) is 0 Å². The van der Waals surface area contributed by atoms with E-state index >= 15 is 0 Å². The van der Waals surface area contributed by atoms with Gasteiger partial charge in [0, 0.05) is 18.1 Å². The number of pyridine rings is 1. The van der Waals surface area contributed by atoms with Gasteiger partial charge in [-0.15, -0.1) is 11.8 Å². The minimum atomic E-state index is -0.887. The molecule has 0 saturated carbocycles. The molecule has 1 aromatic carbocycles. The van der Waals surface area contributed by atoms with Crippen molar-refractivity contribution in [3.63, 3.8) is 0 Å². The van der Waals surface area contributed by atoms with Crippen molar-refractivity contribution in [2.75, 3.05) is 11.5 Å². The Hall–Kier alpha value is -2.67. The number of nitrogens with zero attached hydrogens (tertiary/aromatic N) is 2. The highest BCUT2D eigenvalue weighted by molar-refractivity contribution is 8.00. The number of carboxylic acid groups (broad SMARTS) is 1. The van der Waals surface area contributed by atoms with E-state index in [-0.39, 0.29) is 11.7 Å². The lowest BCUT2D eigenvalue weighted by Crippen LogP contribution is -2.21. The van der Waals surface area contributed by atoms with Crippen LogP contribution in [-0.2, 0) is 4.79 Å². The monoisotopic (exact) mass is 329 g/mol. The number of aliphatic carboxylic acids is 1. The van der Waals surface area contributed by atoms with Crippen LogP contribution in [0.4, 0.5) is 0 Å². The van der Waals surface area contributed by atoms with Crippen molar-refractivity contribution in [3.05, 3.63) is 66.0 Å². The fourth-order valence-corrected chi connectivity index (χ4v) is 2.43. The summed E-state index contributed by atoms with van der Waals surface area (Å²) in [6.45, 7) is 0. The largest absolute Gasteiger partial charge is 0.481 e. The molecule has 7 heteroatoms. The predicted octanol–water partition coefficient (Wildman–Crippen LogP) is 2.03. The molecule has 0 fully saturated rings. The fourth-order valence-electron chi connectivity index (χ4n) is 1.73. The summed E-state index contributed by atoms with van der Waals surface area (Å²) in [7, 11) is 0. The summed E-state index contributed by atoms with van der Waals surface area (Å²) >= 11 is 1.22. The third-order valence-corrected chi connectivity index (χ3v) is 3.72. The predicted molar refractivity (Wildman–Crippen MR) is 89.6 cm³/mol. The van der Waals surface area contributed by atoms with Crippen LogP contribution in [0.1, 0.15) is 15.9 Å². The number of aromatic nitrogens is 1. The molecule has 23 heavy (non-hydrogen) atoms. The standard InChI is InChI=1S/C16H15N3O3S/c20-15(21)11-23-10-14(12-5-2-1-3-6-12)18-19-16(22)13-7-4-8-17-9-13/h1-9H,10-11H2,(H,19,22)(H,20,21). The van der Waals surface area contributed by atoms with Gasteiger partial charge in [-0.3, -0.25) is 14.6 Å². The van der Waals surface area contributed by atoms with Crippen molar-refractivity contribution in [2.45, 2.75) is 0 Å². The summed E-state index contributed by atoms with van der Waals surface area (Å²) in [6.07, 6.45) is 3.03. The second-order valence-corrected chi connectivity index (χ2v) is 5.48. The molecular formula is C16H15N3O3S. The van der Waals surface area contributed by atoms with Gasteiger partial charge >= 0.3 is 5.97 Å². The number of carboxylic acids is 1. The molecule has 0 saturated heterocycles. The Bertz CT molecular complexity index is 690. The van der Waals surface area contributed by atoms with Crippen LogP contribution in [0.2, 0.25) is 0 Å². The Morgan fingerprint density at radius 2 is 1.83 bits per heavy atom. The van der Waals surface area contributed by atoms with Crippen molar-refractivity contribution in [1.29, 1.82) is 0 Å². The van der Waals surface area contributed by atoms with Crippen molar-refractivity contribution >= 4 is 29.4 Å². The lowest BCUT2D eigenvalue weighted by Gasteiger charge is -2.07. The van der Waals surface area contributed by atoms with Gasteiger partial charge in [0.25, 0.3) is 5.91 Å². The highest BCUT2D eigenvalue weighted by Gasteiger charge is 2.08. The Morgan fingerprint density at radius 3 is 2.48 bits per heavy atom. The topological polar surface area (TPSA) is 91.6 Å². The Balaban J connectivity index is 2.09. The third kappa shape index (κ3) is 5.55. The van der Waals surface area contributed by atoms with Gasteiger partial charge in [-0.1, -0.05) is 30.3 Å². The Morgan fingerprint density at radius 1 is 1.09 bits per heavy atom. The zero-order valence-corrected chi connectivity index (χ0v) is 13.0. The minimum Gasteiger partial charge on any atom is -0.481 e. The average Bonchev–Trinajstić information content (AvgIpc) is 2.59. The molecule has 0 atom stereocenters. The third-order valence-electron chi connectivity index (χ3n) is 2.79. The van der Waals surface area contributed by atoms with E-state index in [0.717, 1.165) is 5.56 Å². The summed E-state index contributed by atoms with van der Waals surface area (Å²) in [5.74, 6) is -0.900. The SMILES string of the molecule is O=C(O)CSCC(=NNC(=O)c1cccnc1)c1ccccc1. The van der Waals surface area contributed by atoms with Crippen molar-refractivity contribution in [2.24, 2.45) is 5.10 Å². The molecule has 6 nitrogen and oxygen atoms in total. The highest BCUT2D eigenvalue weighted by atomic mass is 32.2. The van der Waals surface area contributed by atoms with Crippen LogP contribution in [0.3, 0.4) is 0 Å². The van der Waals surface area contributed by atoms with Crippen LogP contribution in [0.25, 0.3) is 0 Å². The summed E-state index contributed by atoms with van der Waals surface area (Å²) < 4.78 is 0. The van der Waals surface area contributed by atoms with Crippen molar-refractivity contribution < 1.29 is 14.7 Å². The maximum atomic E-state index is 12.0. The first-order valence-corrected chi connectivity index (χ1v) is 7.94. The lowest BCUT2D eigenvalue weighted by molar-refractivity contribution is -0.133. The summed E-state index contributed by atoms with van der Waals surface area (Å²) in [5, 5.41) is 12.9. The summed E-state index contributed by atoms with van der Waals surface area (Å²) in [6, 6.07) is 12.6. The first-order valence-electron chi connectivity index (χ1n) is 6.78. The van der Waals surface area contributed by atoms with Crippen molar-refractivity contribution in [1.82, 2.24) is 10.4 Å². The molecular weight excluding hydrogens is 314 g/mol. The minimum absolute atomic E-state index is 0.0254. The number of carbonyl (C=O) groups excluding carboxylic acids is 1. The molecule has 0 aliphatic carbocycles. The first kappa shape index (κ1) is 16.7. The molecule has 0 spiro atoms. The number of benzene rings is 1. The van der Waals surface area contributed by atoms with Crippen LogP contribution < -0.4 is 5.43 Å². The first-order chi connectivity index (χ1) is 11.2. The van der Waals surface area contributed by atoms with E-state index in [4.69, 9.17) is 5.11 Å². The van der Waals surface area contributed by atoms with Gasteiger partial charge < -0.3 is 5.11 Å². The van der Waals surface area contributed by atoms with Crippen LogP contribution in [-0.4, -0.2) is 39.2 Å². The van der Waals surface area contributed by atoms with E-state index in [1.807, 2.05) is 30.3 Å². The fraction of sp³-hybridized carbons (Fsp3) is 0.125. The molecule has 0 radical (unpaired) electrons. The van der Waals surface area contributed by atoms with E-state index in [1.54, 1.807) is 18.3 Å². The maximum Gasteiger partial charge on any atom is 0.313 e. The number of rotatable bonds is 7. The number of amides is 1. The molecule has 2 rings (SSSR count). The van der Waals surface area contributed by atoms with Crippen LogP contribution in [0.5, 0.6) is 0 Å². The van der Waals surface area contributed by atoms with Crippen LogP contribution in [0, 0.1) is 0 Å². The number of hydrazone groups is 1. The summed E-state index contributed by atoms with van der Waals surface area (Å²) in [5.41, 5.74) is 4.32. The Kier molecular flexibility index (Phi) is 6.31. The molecule has 1 aromatic heterocycles. The maximum absolute atomic E-state index is 12.0. The van der Waals surface area contributed by atoms with E-state index in [2.05, 4.69) is 15.5 Å². The number of carbonyl (C=O) groups is 2. The van der Waals surface area contributed by atoms with Crippen molar-refractivity contribution in [3.8, 4) is 0 Å². The Labute approximate surface area is 137 Å². The van der Waals surface area contributed by atoms with Gasteiger partial charge in [-0.05, 0) is 17.7 Å². The molecule has 2 N–H and O–H groups in total. The molecule has 2 aromatic rings. The normalized spacial score (nSPS) is 11.0. The quantitative estimate of drug-likeness (QED) is 0.599. The van der Waals surface area contributed by atoms with E-state index < -0.39 is 5.97 Å². The van der Waals surface area contributed by atoms with E-state index in [9.17, 15) is 9.59 Å². The molecule has 0 unspecified atom stereocenters. The molecule has 1 amide bonds. The van der Waals surface area contributed by atoms with Crippen LogP contribution in [0.15, 0.2) is 60.0 Å². The van der Waals surface area contributed by atoms with Gasteiger partial charge in [-0.2, -0.15) is 5.10 Å². The smallest absolute Gasteiger partial charge is 0.313 e.